The Morgan fingerprint density at radius 1 is 0.833 bits per heavy atom. The summed E-state index contributed by atoms with van der Waals surface area (Å²) in [5, 5.41) is 6.15. The minimum absolute atomic E-state index is 0.0910. The van der Waals surface area contributed by atoms with Crippen molar-refractivity contribution in [3.63, 3.8) is 0 Å². The van der Waals surface area contributed by atoms with Gasteiger partial charge in [-0.3, -0.25) is 14.5 Å². The second-order valence-corrected chi connectivity index (χ2v) is 8.31. The van der Waals surface area contributed by atoms with Gasteiger partial charge < -0.3 is 10.6 Å². The number of benzene rings is 1. The van der Waals surface area contributed by atoms with Crippen LogP contribution in [0.5, 0.6) is 0 Å². The summed E-state index contributed by atoms with van der Waals surface area (Å²) in [5.74, 6) is 0. The molecule has 0 bridgehead atoms. The molecule has 1 aliphatic carbocycles. The van der Waals surface area contributed by atoms with Crippen molar-refractivity contribution in [1.29, 1.82) is 0 Å². The molecule has 30 heavy (non-hydrogen) atoms. The molecule has 2 aromatic rings. The smallest absolute Gasteiger partial charge is 0.376 e. The lowest BCUT2D eigenvalue weighted by molar-refractivity contribution is -0.137. The molecule has 0 spiro atoms. The number of piperidine rings is 1. The Bertz CT molecular complexity index is 942. The first-order chi connectivity index (χ1) is 14.3. The van der Waals surface area contributed by atoms with Crippen LogP contribution in [0, 0.1) is 0 Å². The van der Waals surface area contributed by atoms with Gasteiger partial charge in [-0.25, -0.2) is 0 Å². The number of nitrogens with one attached hydrogen (secondary N) is 2. The van der Waals surface area contributed by atoms with Crippen LogP contribution in [-0.2, 0) is 6.18 Å². The molecule has 1 saturated heterocycles. The van der Waals surface area contributed by atoms with E-state index >= 15 is 0 Å². The van der Waals surface area contributed by atoms with Crippen LogP contribution >= 0.6 is 0 Å². The highest BCUT2D eigenvalue weighted by Crippen LogP contribution is 2.32. The minimum Gasteiger partial charge on any atom is -0.376 e. The van der Waals surface area contributed by atoms with Gasteiger partial charge in [0.1, 0.15) is 11.4 Å². The first kappa shape index (κ1) is 20.9. The fourth-order valence-electron chi connectivity index (χ4n) is 4.69. The summed E-state index contributed by atoms with van der Waals surface area (Å²) in [4.78, 5) is 26.9. The van der Waals surface area contributed by atoms with E-state index in [0.717, 1.165) is 50.9 Å². The van der Waals surface area contributed by atoms with E-state index in [-0.39, 0.29) is 17.4 Å². The average molecular weight is 421 g/mol. The Labute approximate surface area is 173 Å². The van der Waals surface area contributed by atoms with Crippen LogP contribution in [0.4, 0.5) is 30.2 Å². The third kappa shape index (κ3) is 4.24. The molecule has 162 valence electrons. The summed E-state index contributed by atoms with van der Waals surface area (Å²) in [6.07, 6.45) is 3.42. The SMILES string of the molecule is O=c1c(Nc2ccc(C(F)(F)F)cc2)c(N[C@@H]2CCCC[C@H]2N2CCCCC2)c1=O. The van der Waals surface area contributed by atoms with Gasteiger partial charge in [-0.2, -0.15) is 13.2 Å². The predicted octanol–water partition coefficient (Wildman–Crippen LogP) is 4.25. The van der Waals surface area contributed by atoms with Crippen molar-refractivity contribution in [3.8, 4) is 0 Å². The Morgan fingerprint density at radius 2 is 1.47 bits per heavy atom. The maximum atomic E-state index is 12.7. The molecule has 2 aromatic carbocycles. The maximum Gasteiger partial charge on any atom is 0.416 e. The van der Waals surface area contributed by atoms with Gasteiger partial charge >= 0.3 is 6.18 Å². The first-order valence-corrected chi connectivity index (χ1v) is 10.6. The van der Waals surface area contributed by atoms with Crippen LogP contribution in [0.25, 0.3) is 0 Å². The van der Waals surface area contributed by atoms with Crippen LogP contribution in [-0.4, -0.2) is 30.1 Å². The third-order valence-electron chi connectivity index (χ3n) is 6.31. The normalized spacial score (nSPS) is 23.4. The van der Waals surface area contributed by atoms with Gasteiger partial charge in [0, 0.05) is 17.8 Å². The van der Waals surface area contributed by atoms with Gasteiger partial charge in [0.25, 0.3) is 10.9 Å². The highest BCUT2D eigenvalue weighted by atomic mass is 19.4. The summed E-state index contributed by atoms with van der Waals surface area (Å²) in [6, 6.07) is 4.86. The van der Waals surface area contributed by atoms with Crippen molar-refractivity contribution < 1.29 is 13.2 Å². The van der Waals surface area contributed by atoms with Crippen molar-refractivity contribution in [1.82, 2.24) is 4.90 Å². The standard InChI is InChI=1S/C22H26F3N3O2/c23-22(24,25)14-8-10-15(11-9-14)26-18-19(21(30)20(18)29)27-16-6-2-3-7-17(16)28-12-4-1-5-13-28/h8-11,16-17,26-27H,1-7,12-13H2/t16-,17-/m1/s1. The lowest BCUT2D eigenvalue weighted by Gasteiger charge is -2.42. The fourth-order valence-corrected chi connectivity index (χ4v) is 4.69. The molecule has 4 rings (SSSR count). The molecular formula is C22H26F3N3O2. The first-order valence-electron chi connectivity index (χ1n) is 10.6. The molecule has 8 heteroatoms. The number of halogens is 3. The second-order valence-electron chi connectivity index (χ2n) is 8.31. The van der Waals surface area contributed by atoms with Gasteiger partial charge in [-0.15, -0.1) is 0 Å². The maximum absolute atomic E-state index is 12.7. The van der Waals surface area contributed by atoms with Gasteiger partial charge in [0.05, 0.1) is 5.56 Å². The van der Waals surface area contributed by atoms with Crippen LogP contribution in [0.2, 0.25) is 0 Å². The molecule has 2 aliphatic rings. The minimum atomic E-state index is -4.42. The molecule has 0 amide bonds. The van der Waals surface area contributed by atoms with E-state index in [1.54, 1.807) is 0 Å². The number of anilines is 3. The predicted molar refractivity (Wildman–Crippen MR) is 111 cm³/mol. The molecule has 1 saturated carbocycles. The van der Waals surface area contributed by atoms with Gasteiger partial charge in [0.15, 0.2) is 0 Å². The van der Waals surface area contributed by atoms with E-state index in [2.05, 4.69) is 15.5 Å². The summed E-state index contributed by atoms with van der Waals surface area (Å²) < 4.78 is 38.2. The van der Waals surface area contributed by atoms with E-state index in [9.17, 15) is 22.8 Å². The van der Waals surface area contributed by atoms with E-state index < -0.39 is 22.6 Å². The Hall–Kier alpha value is -2.35. The van der Waals surface area contributed by atoms with Crippen LogP contribution in [0.1, 0.15) is 50.5 Å². The molecular weight excluding hydrogens is 395 g/mol. The fraction of sp³-hybridized carbons (Fsp3) is 0.545. The molecule has 0 radical (unpaired) electrons. The van der Waals surface area contributed by atoms with Crippen LogP contribution < -0.4 is 21.5 Å². The number of hydrogen-bond donors (Lipinski definition) is 2. The summed E-state index contributed by atoms with van der Waals surface area (Å²) in [6.45, 7) is 2.12. The van der Waals surface area contributed by atoms with Gasteiger partial charge in [-0.1, -0.05) is 19.3 Å². The van der Waals surface area contributed by atoms with Crippen molar-refractivity contribution in [3.05, 3.63) is 50.3 Å². The molecule has 0 aromatic heterocycles. The van der Waals surface area contributed by atoms with Crippen LogP contribution in [0.3, 0.4) is 0 Å². The zero-order valence-electron chi connectivity index (χ0n) is 16.7. The number of likely N-dealkylation sites (tertiary alicyclic amines) is 1. The number of hydrogen-bond acceptors (Lipinski definition) is 5. The molecule has 5 nitrogen and oxygen atoms in total. The van der Waals surface area contributed by atoms with Crippen molar-refractivity contribution in [2.45, 2.75) is 63.2 Å². The summed E-state index contributed by atoms with van der Waals surface area (Å²) in [7, 11) is 0. The van der Waals surface area contributed by atoms with Gasteiger partial charge in [0.2, 0.25) is 0 Å². The Balaban J connectivity index is 1.49. The second kappa shape index (κ2) is 8.41. The highest BCUT2D eigenvalue weighted by Gasteiger charge is 2.34. The molecule has 1 aliphatic heterocycles. The zero-order valence-corrected chi connectivity index (χ0v) is 16.7. The van der Waals surface area contributed by atoms with E-state index in [1.807, 2.05) is 0 Å². The average Bonchev–Trinajstić information content (AvgIpc) is 2.76. The van der Waals surface area contributed by atoms with Crippen LogP contribution in [0.15, 0.2) is 33.9 Å². The zero-order chi connectivity index (χ0) is 21.3. The molecule has 2 atom stereocenters. The number of rotatable bonds is 5. The van der Waals surface area contributed by atoms with Gasteiger partial charge in [-0.05, 0) is 63.0 Å². The summed E-state index contributed by atoms with van der Waals surface area (Å²) >= 11 is 0. The topological polar surface area (TPSA) is 61.4 Å². The van der Waals surface area contributed by atoms with Crippen molar-refractivity contribution in [2.75, 3.05) is 23.7 Å². The third-order valence-corrected chi connectivity index (χ3v) is 6.31. The van der Waals surface area contributed by atoms with Crippen molar-refractivity contribution >= 4 is 17.1 Å². The highest BCUT2D eigenvalue weighted by molar-refractivity contribution is 5.79. The quantitative estimate of drug-likeness (QED) is 0.707. The lowest BCUT2D eigenvalue weighted by Crippen LogP contribution is -2.52. The van der Waals surface area contributed by atoms with E-state index in [0.29, 0.717) is 11.7 Å². The lowest BCUT2D eigenvalue weighted by atomic mass is 9.87. The molecule has 2 N–H and O–H groups in total. The monoisotopic (exact) mass is 421 g/mol. The molecule has 0 unspecified atom stereocenters. The molecule has 1 heterocycles. The Morgan fingerprint density at radius 3 is 2.13 bits per heavy atom. The van der Waals surface area contributed by atoms with E-state index in [4.69, 9.17) is 0 Å². The Kier molecular flexibility index (Phi) is 5.86. The molecule has 2 fully saturated rings. The number of alkyl halides is 3. The van der Waals surface area contributed by atoms with E-state index in [1.165, 1.54) is 31.4 Å². The largest absolute Gasteiger partial charge is 0.416 e. The number of nitrogens with zero attached hydrogens (tertiary/aromatic N) is 1. The summed E-state index contributed by atoms with van der Waals surface area (Å²) in [5.41, 5.74) is -1.22. The van der Waals surface area contributed by atoms with Crippen molar-refractivity contribution in [2.24, 2.45) is 0 Å².